The average molecular weight is 263 g/mol. The fourth-order valence-corrected chi connectivity index (χ4v) is 1.35. The average Bonchev–Trinajstić information content (AvgIpc) is 2.80. The molecule has 96 valence electrons. The second kappa shape index (κ2) is 5.22. The van der Waals surface area contributed by atoms with E-state index in [9.17, 15) is 13.6 Å². The van der Waals surface area contributed by atoms with Gasteiger partial charge in [-0.3, -0.25) is 4.79 Å². The Morgan fingerprint density at radius 1 is 1.47 bits per heavy atom. The van der Waals surface area contributed by atoms with Gasteiger partial charge in [0.2, 0.25) is 5.91 Å². The molecule has 19 heavy (non-hydrogen) atoms. The van der Waals surface area contributed by atoms with Gasteiger partial charge in [0, 0.05) is 6.07 Å². The van der Waals surface area contributed by atoms with E-state index < -0.39 is 17.5 Å². The van der Waals surface area contributed by atoms with Gasteiger partial charge in [0.15, 0.2) is 0 Å². The summed E-state index contributed by atoms with van der Waals surface area (Å²) in [5, 5.41) is 14.4. The van der Waals surface area contributed by atoms with Crippen LogP contribution in [-0.4, -0.2) is 20.7 Å². The molecule has 2 aromatic rings. The molecule has 1 heterocycles. The molecule has 1 N–H and O–H groups in total. The SMILES string of the molecule is N#Cc1ncn(CC(=O)Nc2ccc(F)cc2F)n1. The summed E-state index contributed by atoms with van der Waals surface area (Å²) in [6.07, 6.45) is 1.21. The quantitative estimate of drug-likeness (QED) is 0.897. The molecule has 0 fully saturated rings. The molecule has 8 heteroatoms. The fraction of sp³-hybridized carbons (Fsp3) is 0.0909. The summed E-state index contributed by atoms with van der Waals surface area (Å²) in [5.74, 6) is -2.24. The van der Waals surface area contributed by atoms with Crippen LogP contribution in [0.1, 0.15) is 5.82 Å². The Kier molecular flexibility index (Phi) is 3.47. The minimum absolute atomic E-state index is 0.0687. The van der Waals surface area contributed by atoms with Gasteiger partial charge in [-0.05, 0) is 12.1 Å². The number of hydrogen-bond acceptors (Lipinski definition) is 4. The van der Waals surface area contributed by atoms with Gasteiger partial charge in [-0.2, -0.15) is 5.26 Å². The van der Waals surface area contributed by atoms with E-state index in [1.807, 2.05) is 0 Å². The first-order chi connectivity index (χ1) is 9.08. The molecule has 0 aliphatic heterocycles. The Labute approximate surface area is 106 Å². The number of halogens is 2. The molecule has 0 aliphatic rings. The van der Waals surface area contributed by atoms with Crippen molar-refractivity contribution in [3.8, 4) is 6.07 Å². The lowest BCUT2D eigenvalue weighted by atomic mass is 10.3. The second-order valence-electron chi connectivity index (χ2n) is 3.55. The number of nitrogens with zero attached hydrogens (tertiary/aromatic N) is 4. The van der Waals surface area contributed by atoms with Crippen molar-refractivity contribution in [2.45, 2.75) is 6.54 Å². The normalized spacial score (nSPS) is 9.95. The standard InChI is InChI=1S/C11H7F2N5O/c12-7-1-2-9(8(13)3-7)16-11(19)5-18-6-15-10(4-14)17-18/h1-3,6H,5H2,(H,16,19). The molecule has 0 atom stereocenters. The van der Waals surface area contributed by atoms with Crippen molar-refractivity contribution in [1.29, 1.82) is 5.26 Å². The molecule has 0 saturated heterocycles. The van der Waals surface area contributed by atoms with Gasteiger partial charge >= 0.3 is 0 Å². The summed E-state index contributed by atoms with van der Waals surface area (Å²) in [7, 11) is 0. The first-order valence-electron chi connectivity index (χ1n) is 5.13. The van der Waals surface area contributed by atoms with E-state index in [-0.39, 0.29) is 18.1 Å². The number of rotatable bonds is 3. The minimum atomic E-state index is -0.871. The second-order valence-corrected chi connectivity index (χ2v) is 3.55. The number of nitriles is 1. The van der Waals surface area contributed by atoms with Crippen LogP contribution in [0.3, 0.4) is 0 Å². The summed E-state index contributed by atoms with van der Waals surface area (Å²) in [6.45, 7) is -0.231. The predicted octanol–water partition coefficient (Wildman–Crippen LogP) is 1.07. The Bertz CT molecular complexity index is 661. The molecule has 6 nitrogen and oxygen atoms in total. The lowest BCUT2D eigenvalue weighted by Gasteiger charge is -2.06. The van der Waals surface area contributed by atoms with Crippen LogP contribution in [0.15, 0.2) is 24.5 Å². The largest absolute Gasteiger partial charge is 0.322 e. The smallest absolute Gasteiger partial charge is 0.252 e. The molecule has 0 radical (unpaired) electrons. The van der Waals surface area contributed by atoms with Gasteiger partial charge in [-0.15, -0.1) is 5.10 Å². The van der Waals surface area contributed by atoms with E-state index in [1.165, 1.54) is 6.33 Å². The molecular formula is C11H7F2N5O. The summed E-state index contributed by atoms with van der Waals surface area (Å²) in [6, 6.07) is 4.52. The van der Waals surface area contributed by atoms with E-state index >= 15 is 0 Å². The van der Waals surface area contributed by atoms with Gasteiger partial charge in [-0.25, -0.2) is 18.4 Å². The Morgan fingerprint density at radius 3 is 2.89 bits per heavy atom. The number of amides is 1. The molecule has 0 aliphatic carbocycles. The van der Waals surface area contributed by atoms with Crippen molar-refractivity contribution in [2.75, 3.05) is 5.32 Å². The molecule has 0 saturated carbocycles. The van der Waals surface area contributed by atoms with Crippen LogP contribution in [-0.2, 0) is 11.3 Å². The minimum Gasteiger partial charge on any atom is -0.322 e. The van der Waals surface area contributed by atoms with E-state index in [0.717, 1.165) is 16.8 Å². The van der Waals surface area contributed by atoms with E-state index in [0.29, 0.717) is 6.07 Å². The maximum Gasteiger partial charge on any atom is 0.252 e. The van der Waals surface area contributed by atoms with Crippen molar-refractivity contribution in [3.63, 3.8) is 0 Å². The molecule has 1 aromatic carbocycles. The van der Waals surface area contributed by atoms with Crippen molar-refractivity contribution >= 4 is 11.6 Å². The van der Waals surface area contributed by atoms with Crippen molar-refractivity contribution in [3.05, 3.63) is 42.0 Å². The topological polar surface area (TPSA) is 83.6 Å². The number of nitrogens with one attached hydrogen (secondary N) is 1. The summed E-state index contributed by atoms with van der Waals surface area (Å²) >= 11 is 0. The molecule has 0 bridgehead atoms. The number of carbonyl (C=O) groups is 1. The highest BCUT2D eigenvalue weighted by Gasteiger charge is 2.09. The lowest BCUT2D eigenvalue weighted by Crippen LogP contribution is -2.19. The van der Waals surface area contributed by atoms with Crippen molar-refractivity contribution in [2.24, 2.45) is 0 Å². The molecule has 1 amide bonds. The van der Waals surface area contributed by atoms with Gasteiger partial charge in [0.1, 0.15) is 30.6 Å². The van der Waals surface area contributed by atoms with Crippen LogP contribution >= 0.6 is 0 Å². The van der Waals surface area contributed by atoms with E-state index in [1.54, 1.807) is 6.07 Å². The highest BCUT2D eigenvalue weighted by molar-refractivity contribution is 5.90. The predicted molar refractivity (Wildman–Crippen MR) is 59.7 cm³/mol. The van der Waals surface area contributed by atoms with Crippen LogP contribution in [0.2, 0.25) is 0 Å². The maximum atomic E-state index is 13.3. The zero-order chi connectivity index (χ0) is 13.8. The van der Waals surface area contributed by atoms with Crippen LogP contribution < -0.4 is 5.32 Å². The van der Waals surface area contributed by atoms with Gasteiger partial charge < -0.3 is 5.32 Å². The number of carbonyl (C=O) groups excluding carboxylic acids is 1. The summed E-state index contributed by atoms with van der Waals surface area (Å²) in [4.78, 5) is 15.2. The summed E-state index contributed by atoms with van der Waals surface area (Å²) in [5.41, 5.74) is -0.132. The molecule has 1 aromatic heterocycles. The Hall–Kier alpha value is -2.82. The van der Waals surface area contributed by atoms with E-state index in [4.69, 9.17) is 5.26 Å². The fourth-order valence-electron chi connectivity index (χ4n) is 1.35. The molecule has 0 unspecified atom stereocenters. The highest BCUT2D eigenvalue weighted by atomic mass is 19.1. The van der Waals surface area contributed by atoms with Crippen LogP contribution in [0, 0.1) is 23.0 Å². The third-order valence-electron chi connectivity index (χ3n) is 2.15. The number of aromatic nitrogens is 3. The van der Waals surface area contributed by atoms with Crippen molar-refractivity contribution in [1.82, 2.24) is 14.8 Å². The van der Waals surface area contributed by atoms with E-state index in [2.05, 4.69) is 15.4 Å². The Balaban J connectivity index is 2.03. The monoisotopic (exact) mass is 263 g/mol. The lowest BCUT2D eigenvalue weighted by molar-refractivity contribution is -0.116. The van der Waals surface area contributed by atoms with Crippen LogP contribution in [0.4, 0.5) is 14.5 Å². The zero-order valence-corrected chi connectivity index (χ0v) is 9.47. The van der Waals surface area contributed by atoms with Crippen LogP contribution in [0.25, 0.3) is 0 Å². The van der Waals surface area contributed by atoms with Gasteiger partial charge in [-0.1, -0.05) is 0 Å². The van der Waals surface area contributed by atoms with Crippen molar-refractivity contribution < 1.29 is 13.6 Å². The van der Waals surface area contributed by atoms with Gasteiger partial charge in [0.05, 0.1) is 5.69 Å². The third-order valence-corrected chi connectivity index (χ3v) is 2.15. The zero-order valence-electron chi connectivity index (χ0n) is 9.47. The van der Waals surface area contributed by atoms with Gasteiger partial charge in [0.25, 0.3) is 5.82 Å². The number of anilines is 1. The maximum absolute atomic E-state index is 13.3. The molecule has 0 spiro atoms. The van der Waals surface area contributed by atoms with Crippen LogP contribution in [0.5, 0.6) is 0 Å². The highest BCUT2D eigenvalue weighted by Crippen LogP contribution is 2.14. The Morgan fingerprint density at radius 2 is 2.26 bits per heavy atom. The molecular weight excluding hydrogens is 256 g/mol. The first kappa shape index (κ1) is 12.6. The number of hydrogen-bond donors (Lipinski definition) is 1. The first-order valence-corrected chi connectivity index (χ1v) is 5.13. The third kappa shape index (κ3) is 3.10. The summed E-state index contributed by atoms with van der Waals surface area (Å²) < 4.78 is 27.1. The molecule has 2 rings (SSSR count). The number of benzene rings is 1.